The number of amides is 2. The molecule has 6 heteroatoms. The van der Waals surface area contributed by atoms with Gasteiger partial charge >= 0.3 is 5.97 Å². The quantitative estimate of drug-likeness (QED) is 0.797. The van der Waals surface area contributed by atoms with E-state index in [1.54, 1.807) is 12.1 Å². The van der Waals surface area contributed by atoms with Gasteiger partial charge in [0.25, 0.3) is 11.8 Å². The maximum absolute atomic E-state index is 12.1. The molecule has 0 aromatic heterocycles. The first-order chi connectivity index (χ1) is 11.1. The van der Waals surface area contributed by atoms with Crippen LogP contribution in [0.25, 0.3) is 0 Å². The number of hydrogen-bond donors (Lipinski definition) is 0. The van der Waals surface area contributed by atoms with Gasteiger partial charge in [-0.25, -0.2) is 4.79 Å². The number of fused-ring (bicyclic) bond motifs is 1. The van der Waals surface area contributed by atoms with Gasteiger partial charge in [-0.05, 0) is 43.7 Å². The molecule has 1 aliphatic heterocycles. The zero-order chi connectivity index (χ0) is 16.4. The van der Waals surface area contributed by atoms with E-state index in [1.165, 1.54) is 12.1 Å². The van der Waals surface area contributed by atoms with Crippen molar-refractivity contribution in [3.05, 3.63) is 35.4 Å². The lowest BCUT2D eigenvalue weighted by molar-refractivity contribution is -0.176. The van der Waals surface area contributed by atoms with Crippen molar-refractivity contribution in [2.45, 2.75) is 38.7 Å². The summed E-state index contributed by atoms with van der Waals surface area (Å²) in [5.74, 6) is -1.28. The summed E-state index contributed by atoms with van der Waals surface area (Å²) in [4.78, 5) is 40.9. The molecule has 1 saturated carbocycles. The molecule has 3 rings (SSSR count). The van der Waals surface area contributed by atoms with E-state index in [2.05, 4.69) is 6.92 Å². The maximum atomic E-state index is 12.1. The number of ether oxygens (including phenoxy) is 1. The monoisotopic (exact) mass is 317 g/mol. The van der Waals surface area contributed by atoms with Crippen LogP contribution < -0.4 is 0 Å². The fourth-order valence-corrected chi connectivity index (χ4v) is 2.96. The van der Waals surface area contributed by atoms with Crippen molar-refractivity contribution in [1.82, 2.24) is 5.06 Å². The van der Waals surface area contributed by atoms with Crippen molar-refractivity contribution in [2.75, 3.05) is 6.61 Å². The van der Waals surface area contributed by atoms with E-state index < -0.39 is 17.8 Å². The van der Waals surface area contributed by atoms with Crippen molar-refractivity contribution >= 4 is 17.8 Å². The summed E-state index contributed by atoms with van der Waals surface area (Å²) in [5, 5.41) is 0.513. The van der Waals surface area contributed by atoms with Crippen molar-refractivity contribution < 1.29 is 24.0 Å². The minimum atomic E-state index is -0.738. The molecule has 0 unspecified atom stereocenters. The maximum Gasteiger partial charge on any atom is 0.358 e. The number of benzene rings is 1. The molecule has 1 aromatic carbocycles. The van der Waals surface area contributed by atoms with Crippen LogP contribution in [-0.4, -0.2) is 35.6 Å². The fourth-order valence-electron chi connectivity index (χ4n) is 2.96. The summed E-state index contributed by atoms with van der Waals surface area (Å²) in [6, 6.07) is 6.37. The summed E-state index contributed by atoms with van der Waals surface area (Å²) >= 11 is 0. The lowest BCUT2D eigenvalue weighted by atomic mass is 9.89. The number of rotatable bonds is 4. The van der Waals surface area contributed by atoms with Gasteiger partial charge in [0.15, 0.2) is 0 Å². The van der Waals surface area contributed by atoms with E-state index in [-0.39, 0.29) is 23.8 Å². The normalized spacial score (nSPS) is 23.8. The Morgan fingerprint density at radius 1 is 1.09 bits per heavy atom. The molecule has 1 aliphatic carbocycles. The van der Waals surface area contributed by atoms with Crippen molar-refractivity contribution in [2.24, 2.45) is 5.92 Å². The molecule has 0 spiro atoms. The van der Waals surface area contributed by atoms with Crippen LogP contribution in [0.2, 0.25) is 0 Å². The molecule has 0 saturated heterocycles. The molecule has 0 N–H and O–H groups in total. The van der Waals surface area contributed by atoms with E-state index >= 15 is 0 Å². The van der Waals surface area contributed by atoms with Crippen LogP contribution in [0.1, 0.15) is 53.3 Å². The van der Waals surface area contributed by atoms with Crippen LogP contribution in [0.4, 0.5) is 0 Å². The molecule has 122 valence electrons. The Labute approximate surface area is 134 Å². The largest absolute Gasteiger partial charge is 0.366 e. The molecule has 0 atom stereocenters. The Bertz CT molecular complexity index is 599. The number of hydrogen-bond acceptors (Lipinski definition) is 5. The molecular weight excluding hydrogens is 298 g/mol. The Morgan fingerprint density at radius 2 is 1.65 bits per heavy atom. The predicted octanol–water partition coefficient (Wildman–Crippen LogP) is 2.34. The molecule has 6 nitrogen and oxygen atoms in total. The number of imide groups is 1. The first kappa shape index (κ1) is 15.7. The third kappa shape index (κ3) is 3.27. The molecule has 0 bridgehead atoms. The Kier molecular flexibility index (Phi) is 4.43. The molecule has 1 fully saturated rings. The van der Waals surface area contributed by atoms with Crippen LogP contribution in [0.5, 0.6) is 0 Å². The highest BCUT2D eigenvalue weighted by atomic mass is 16.7. The minimum Gasteiger partial charge on any atom is -0.366 e. The van der Waals surface area contributed by atoms with Gasteiger partial charge in [0, 0.05) is 0 Å². The lowest BCUT2D eigenvalue weighted by Gasteiger charge is -2.26. The molecule has 1 heterocycles. The van der Waals surface area contributed by atoms with Gasteiger partial charge in [-0.15, -0.1) is 0 Å². The van der Waals surface area contributed by atoms with Crippen LogP contribution in [0.3, 0.4) is 0 Å². The highest BCUT2D eigenvalue weighted by Gasteiger charge is 2.38. The van der Waals surface area contributed by atoms with Crippen molar-refractivity contribution in [3.8, 4) is 0 Å². The van der Waals surface area contributed by atoms with Gasteiger partial charge in [0.2, 0.25) is 0 Å². The van der Waals surface area contributed by atoms with Gasteiger partial charge in [0.1, 0.15) is 6.61 Å². The van der Waals surface area contributed by atoms with Crippen molar-refractivity contribution in [3.63, 3.8) is 0 Å². The summed E-state index contributed by atoms with van der Waals surface area (Å²) < 4.78 is 5.53. The van der Waals surface area contributed by atoms with Gasteiger partial charge in [-0.2, -0.15) is 0 Å². The van der Waals surface area contributed by atoms with E-state index in [0.29, 0.717) is 11.0 Å². The van der Waals surface area contributed by atoms with Crippen LogP contribution in [0.15, 0.2) is 24.3 Å². The Morgan fingerprint density at radius 3 is 2.22 bits per heavy atom. The Balaban J connectivity index is 1.53. The fraction of sp³-hybridized carbons (Fsp3) is 0.471. The molecular formula is C17H19NO5. The molecule has 2 amide bonds. The summed E-state index contributed by atoms with van der Waals surface area (Å²) in [6.45, 7) is 1.94. The third-order valence-electron chi connectivity index (χ3n) is 4.35. The van der Waals surface area contributed by atoms with Crippen LogP contribution in [0, 0.1) is 5.92 Å². The number of nitrogens with zero attached hydrogens (tertiary/aromatic N) is 1. The van der Waals surface area contributed by atoms with Crippen molar-refractivity contribution in [1.29, 1.82) is 0 Å². The molecule has 23 heavy (non-hydrogen) atoms. The van der Waals surface area contributed by atoms with Gasteiger partial charge in [0.05, 0.1) is 17.2 Å². The van der Waals surface area contributed by atoms with Gasteiger partial charge in [-0.3, -0.25) is 9.59 Å². The van der Waals surface area contributed by atoms with E-state index in [4.69, 9.17) is 9.57 Å². The summed E-state index contributed by atoms with van der Waals surface area (Å²) in [5.41, 5.74) is 0.486. The number of carbonyl (C=O) groups is 3. The predicted molar refractivity (Wildman–Crippen MR) is 80.4 cm³/mol. The lowest BCUT2D eigenvalue weighted by Crippen LogP contribution is -2.35. The summed E-state index contributed by atoms with van der Waals surface area (Å²) in [6.07, 6.45) is 4.04. The standard InChI is InChI=1S/C17H19NO5/c1-11-6-8-12(9-7-11)22-10-15(19)23-18-16(20)13-4-2-3-5-14(13)17(18)21/h2-5,11-12H,6-10H2,1H3. The molecule has 1 aromatic rings. The highest BCUT2D eigenvalue weighted by Crippen LogP contribution is 2.26. The number of carbonyl (C=O) groups excluding carboxylic acids is 3. The van der Waals surface area contributed by atoms with Crippen LogP contribution >= 0.6 is 0 Å². The number of hydroxylamine groups is 2. The average molecular weight is 317 g/mol. The smallest absolute Gasteiger partial charge is 0.358 e. The second kappa shape index (κ2) is 6.50. The SMILES string of the molecule is CC1CCC(OCC(=O)ON2C(=O)c3ccccc3C2=O)CC1. The first-order valence-electron chi connectivity index (χ1n) is 7.86. The Hall–Kier alpha value is -2.21. The van der Waals surface area contributed by atoms with E-state index in [9.17, 15) is 14.4 Å². The third-order valence-corrected chi connectivity index (χ3v) is 4.35. The zero-order valence-corrected chi connectivity index (χ0v) is 13.0. The second-order valence-electron chi connectivity index (χ2n) is 6.11. The molecule has 2 aliphatic rings. The van der Waals surface area contributed by atoms with Crippen LogP contribution in [-0.2, 0) is 14.4 Å². The van der Waals surface area contributed by atoms with E-state index in [0.717, 1.165) is 25.7 Å². The van der Waals surface area contributed by atoms with Gasteiger partial charge in [-0.1, -0.05) is 24.1 Å². The minimum absolute atomic E-state index is 0.0425. The van der Waals surface area contributed by atoms with Gasteiger partial charge < -0.3 is 9.57 Å². The topological polar surface area (TPSA) is 72.9 Å². The zero-order valence-electron chi connectivity index (χ0n) is 13.0. The second-order valence-corrected chi connectivity index (χ2v) is 6.11. The summed E-state index contributed by atoms with van der Waals surface area (Å²) in [7, 11) is 0. The molecule has 0 radical (unpaired) electrons. The average Bonchev–Trinajstić information content (AvgIpc) is 2.80. The van der Waals surface area contributed by atoms with E-state index in [1.807, 2.05) is 0 Å². The first-order valence-corrected chi connectivity index (χ1v) is 7.86. The highest BCUT2D eigenvalue weighted by molar-refractivity contribution is 6.20.